The lowest BCUT2D eigenvalue weighted by Crippen LogP contribution is -2.39. The first-order valence-corrected chi connectivity index (χ1v) is 10.5. The molecule has 6 nitrogen and oxygen atoms in total. The van der Waals surface area contributed by atoms with Crippen LogP contribution in [0.25, 0.3) is 0 Å². The Morgan fingerprint density at radius 3 is 2.28 bits per heavy atom. The molecule has 5 rings (SSSR count). The number of nitrogen functional groups attached to an aromatic ring is 1. The summed E-state index contributed by atoms with van der Waals surface area (Å²) in [5.41, 5.74) is 5.57. The Hall–Kier alpha value is -3.20. The highest BCUT2D eigenvalue weighted by Gasteiger charge is 2.63. The summed E-state index contributed by atoms with van der Waals surface area (Å²) in [5.74, 6) is -5.09. The molecule has 3 aliphatic rings. The predicted molar refractivity (Wildman–Crippen MR) is 109 cm³/mol. The number of nitrogens with two attached hydrogens (primary N) is 1. The molecule has 3 N–H and O–H groups in total. The van der Waals surface area contributed by atoms with Gasteiger partial charge in [-0.1, -0.05) is 12.1 Å². The number of likely N-dealkylation sites (tertiary alicyclic amines) is 1. The van der Waals surface area contributed by atoms with Crippen molar-refractivity contribution in [2.45, 2.75) is 31.5 Å². The summed E-state index contributed by atoms with van der Waals surface area (Å²) in [6, 6.07) is 6.98. The highest BCUT2D eigenvalue weighted by molar-refractivity contribution is 6.06. The average molecular weight is 442 g/mol. The minimum Gasteiger partial charge on any atom is -0.384 e. The molecule has 3 fully saturated rings. The van der Waals surface area contributed by atoms with E-state index in [1.807, 2.05) is 4.90 Å². The van der Waals surface area contributed by atoms with Gasteiger partial charge in [-0.15, -0.1) is 0 Å². The molecule has 32 heavy (non-hydrogen) atoms. The summed E-state index contributed by atoms with van der Waals surface area (Å²) in [4.78, 5) is 29.9. The van der Waals surface area contributed by atoms with Crippen molar-refractivity contribution in [2.75, 3.05) is 6.54 Å². The molecule has 3 heterocycles. The maximum absolute atomic E-state index is 14.6. The number of amides is 2. The number of benzene rings is 2. The zero-order valence-electron chi connectivity index (χ0n) is 17.0. The van der Waals surface area contributed by atoms with Crippen molar-refractivity contribution in [1.82, 2.24) is 9.80 Å². The summed E-state index contributed by atoms with van der Waals surface area (Å²) in [6.07, 6.45) is 1.54. The van der Waals surface area contributed by atoms with Crippen LogP contribution in [0, 0.1) is 34.7 Å². The first-order valence-electron chi connectivity index (χ1n) is 10.5. The number of hydrogen-bond acceptors (Lipinski definition) is 4. The van der Waals surface area contributed by atoms with Crippen molar-refractivity contribution in [2.24, 2.45) is 17.6 Å². The topological polar surface area (TPSA) is 90.5 Å². The molecule has 0 spiro atoms. The Morgan fingerprint density at radius 1 is 1.03 bits per heavy atom. The van der Waals surface area contributed by atoms with Crippen molar-refractivity contribution >= 4 is 17.6 Å². The molecule has 2 amide bonds. The molecule has 9 heteroatoms. The summed E-state index contributed by atoms with van der Waals surface area (Å²) in [6.45, 7) is 0.648. The van der Waals surface area contributed by atoms with Crippen LogP contribution in [0.15, 0.2) is 36.4 Å². The van der Waals surface area contributed by atoms with Crippen molar-refractivity contribution in [1.29, 1.82) is 5.41 Å². The van der Waals surface area contributed by atoms with Crippen LogP contribution in [0.5, 0.6) is 0 Å². The lowest BCUT2D eigenvalue weighted by molar-refractivity contribution is -0.142. The van der Waals surface area contributed by atoms with Crippen LogP contribution in [-0.4, -0.2) is 40.0 Å². The van der Waals surface area contributed by atoms with E-state index in [1.165, 1.54) is 29.2 Å². The summed E-state index contributed by atoms with van der Waals surface area (Å²) in [5, 5.41) is 7.40. The molecule has 3 aliphatic heterocycles. The summed E-state index contributed by atoms with van der Waals surface area (Å²) >= 11 is 0. The summed E-state index contributed by atoms with van der Waals surface area (Å²) < 4.78 is 42.4. The molecule has 0 bridgehead atoms. The van der Waals surface area contributed by atoms with E-state index < -0.39 is 46.7 Å². The van der Waals surface area contributed by atoms with E-state index in [0.29, 0.717) is 12.1 Å². The number of nitrogens with one attached hydrogen (secondary N) is 1. The zero-order valence-corrected chi connectivity index (χ0v) is 17.0. The number of imide groups is 1. The van der Waals surface area contributed by atoms with E-state index in [0.717, 1.165) is 25.0 Å². The maximum atomic E-state index is 14.6. The van der Waals surface area contributed by atoms with Crippen LogP contribution >= 0.6 is 0 Å². The molecule has 166 valence electrons. The van der Waals surface area contributed by atoms with E-state index in [1.54, 1.807) is 0 Å². The van der Waals surface area contributed by atoms with Gasteiger partial charge in [-0.25, -0.2) is 13.2 Å². The first-order chi connectivity index (χ1) is 15.3. The molecule has 0 aliphatic carbocycles. The van der Waals surface area contributed by atoms with Crippen LogP contribution in [0.2, 0.25) is 0 Å². The second-order valence-electron chi connectivity index (χ2n) is 8.61. The van der Waals surface area contributed by atoms with Crippen LogP contribution in [0.1, 0.15) is 35.6 Å². The van der Waals surface area contributed by atoms with Gasteiger partial charge in [0.05, 0.1) is 23.9 Å². The van der Waals surface area contributed by atoms with Gasteiger partial charge in [0.25, 0.3) is 0 Å². The molecule has 0 unspecified atom stereocenters. The highest BCUT2D eigenvalue weighted by atomic mass is 19.1. The van der Waals surface area contributed by atoms with Gasteiger partial charge >= 0.3 is 0 Å². The predicted octanol–water partition coefficient (Wildman–Crippen LogP) is 2.71. The zero-order chi connectivity index (χ0) is 22.7. The first kappa shape index (κ1) is 20.7. The van der Waals surface area contributed by atoms with Gasteiger partial charge in [0.2, 0.25) is 11.8 Å². The Balaban J connectivity index is 1.52. The number of halogens is 3. The van der Waals surface area contributed by atoms with Gasteiger partial charge in [-0.2, -0.15) is 0 Å². The van der Waals surface area contributed by atoms with E-state index in [4.69, 9.17) is 11.1 Å². The molecule has 0 radical (unpaired) electrons. The van der Waals surface area contributed by atoms with Crippen molar-refractivity contribution in [3.8, 4) is 0 Å². The van der Waals surface area contributed by atoms with Crippen LogP contribution in [0.3, 0.4) is 0 Å². The van der Waals surface area contributed by atoms with E-state index in [9.17, 15) is 22.8 Å². The number of nitrogens with zero attached hydrogens (tertiary/aromatic N) is 2. The standard InChI is InChI=1S/C23H21F3N4O2/c24-13-5-3-11(4-6-13)10-30-22(31)18-16-2-1-7-29(16)20(19(18)23(30)32)12-8-14(25)17(21(27)28)15(26)9-12/h3-6,8-9,16,18-20H,1-2,7,10H2,(H3,27,28)/t16-,18-,19-,20-/m1/s1. The normalized spacial score (nSPS) is 27.2. The van der Waals surface area contributed by atoms with E-state index in [2.05, 4.69) is 0 Å². The third-order valence-corrected chi connectivity index (χ3v) is 6.87. The van der Waals surface area contributed by atoms with Crippen molar-refractivity contribution in [3.63, 3.8) is 0 Å². The summed E-state index contributed by atoms with van der Waals surface area (Å²) in [7, 11) is 0. The van der Waals surface area contributed by atoms with Crippen LogP contribution < -0.4 is 5.73 Å². The number of carbonyl (C=O) groups is 2. The quantitative estimate of drug-likeness (QED) is 0.433. The highest BCUT2D eigenvalue weighted by Crippen LogP contribution is 2.53. The van der Waals surface area contributed by atoms with Gasteiger partial charge in [0.1, 0.15) is 23.3 Å². The van der Waals surface area contributed by atoms with Gasteiger partial charge in [0.15, 0.2) is 0 Å². The van der Waals surface area contributed by atoms with Gasteiger partial charge in [-0.3, -0.25) is 24.8 Å². The average Bonchev–Trinajstić information content (AvgIpc) is 3.37. The van der Waals surface area contributed by atoms with Crippen LogP contribution in [0.4, 0.5) is 13.2 Å². The maximum Gasteiger partial charge on any atom is 0.235 e. The molecular weight excluding hydrogens is 421 g/mol. The molecule has 2 aromatic carbocycles. The largest absolute Gasteiger partial charge is 0.384 e. The number of amidine groups is 1. The number of carbonyl (C=O) groups excluding carboxylic acids is 2. The fourth-order valence-corrected chi connectivity index (χ4v) is 5.61. The molecular formula is C23H21F3N4O2. The molecule has 2 aromatic rings. The third-order valence-electron chi connectivity index (χ3n) is 6.87. The van der Waals surface area contributed by atoms with Crippen molar-refractivity contribution < 1.29 is 22.8 Å². The van der Waals surface area contributed by atoms with Gasteiger partial charge in [0, 0.05) is 12.1 Å². The fourth-order valence-electron chi connectivity index (χ4n) is 5.61. The Labute approximate surface area is 182 Å². The minimum atomic E-state index is -0.966. The third kappa shape index (κ3) is 3.02. The number of hydrogen-bond donors (Lipinski definition) is 2. The fraction of sp³-hybridized carbons (Fsp3) is 0.348. The van der Waals surface area contributed by atoms with Crippen LogP contribution in [-0.2, 0) is 16.1 Å². The molecule has 0 saturated carbocycles. The second kappa shape index (κ2) is 7.44. The van der Waals surface area contributed by atoms with E-state index in [-0.39, 0.29) is 30.0 Å². The Bertz CT molecular complexity index is 1110. The SMILES string of the molecule is N=C(N)c1c(F)cc([C@@H]2[C@@H]3C(=O)N(Cc4ccc(F)cc4)C(=O)[C@@H]3[C@H]3CCCN32)cc1F. The Kier molecular flexibility index (Phi) is 4.81. The molecule has 0 aromatic heterocycles. The molecule has 3 saturated heterocycles. The second-order valence-corrected chi connectivity index (χ2v) is 8.61. The van der Waals surface area contributed by atoms with Gasteiger partial charge < -0.3 is 5.73 Å². The minimum absolute atomic E-state index is 0.0242. The van der Waals surface area contributed by atoms with E-state index >= 15 is 0 Å². The van der Waals surface area contributed by atoms with Crippen molar-refractivity contribution in [3.05, 3.63) is 70.5 Å². The number of fused-ring (bicyclic) bond motifs is 3. The lowest BCUT2D eigenvalue weighted by Gasteiger charge is -2.29. The number of rotatable bonds is 4. The van der Waals surface area contributed by atoms with Gasteiger partial charge in [-0.05, 0) is 54.8 Å². The monoisotopic (exact) mass is 442 g/mol. The lowest BCUT2D eigenvalue weighted by atomic mass is 9.85. The molecule has 4 atom stereocenters. The smallest absolute Gasteiger partial charge is 0.235 e. The Morgan fingerprint density at radius 2 is 1.66 bits per heavy atom.